The number of pyridine rings is 1. The highest BCUT2D eigenvalue weighted by Crippen LogP contribution is 2.34. The third-order valence-electron chi connectivity index (χ3n) is 5.77. The van der Waals surface area contributed by atoms with E-state index in [1.54, 1.807) is 68.5 Å². The molecule has 0 radical (unpaired) electrons. The Balaban J connectivity index is 1.44. The summed E-state index contributed by atoms with van der Waals surface area (Å²) >= 11 is 0. The molecule has 0 N–H and O–H groups in total. The van der Waals surface area contributed by atoms with E-state index < -0.39 is 17.2 Å². The highest BCUT2D eigenvalue weighted by atomic mass is 19.1. The van der Waals surface area contributed by atoms with Gasteiger partial charge in [-0.2, -0.15) is 0 Å². The minimum Gasteiger partial charge on any atom is -0.458 e. The minimum absolute atomic E-state index is 0.182. The number of anilines is 4. The van der Waals surface area contributed by atoms with Crippen LogP contribution in [0.15, 0.2) is 61.1 Å². The molecule has 1 aromatic carbocycles. The summed E-state index contributed by atoms with van der Waals surface area (Å²) in [6.45, 7) is 5.62. The molecule has 8 nitrogen and oxygen atoms in total. The monoisotopic (exact) mass is 511 g/mol. The lowest BCUT2D eigenvalue weighted by atomic mass is 9.94. The van der Waals surface area contributed by atoms with E-state index in [4.69, 9.17) is 14.5 Å². The second kappa shape index (κ2) is 11.2. The Morgan fingerprint density at radius 2 is 1.89 bits per heavy atom. The summed E-state index contributed by atoms with van der Waals surface area (Å²) in [5.41, 5.74) is -1.62. The maximum absolute atomic E-state index is 15.3. The van der Waals surface area contributed by atoms with Crippen LogP contribution in [0.1, 0.15) is 33.6 Å². The quantitative estimate of drug-likeness (QED) is 0.384. The molecule has 0 amide bonds. The molecule has 10 heteroatoms. The number of benzene rings is 1. The number of hydrogen-bond acceptors (Lipinski definition) is 8. The highest BCUT2D eigenvalue weighted by molar-refractivity contribution is 5.72. The molecule has 1 fully saturated rings. The Morgan fingerprint density at radius 1 is 1.11 bits per heavy atom. The van der Waals surface area contributed by atoms with Gasteiger partial charge in [0, 0.05) is 32.1 Å². The summed E-state index contributed by atoms with van der Waals surface area (Å²) in [7, 11) is 0. The number of carbonyl (C=O) groups excluding carboxylic acids is 1. The predicted octanol–water partition coefficient (Wildman–Crippen LogP) is 5.15. The van der Waals surface area contributed by atoms with Crippen molar-refractivity contribution < 1.29 is 23.0 Å². The molecule has 3 heterocycles. The van der Waals surface area contributed by atoms with Gasteiger partial charge in [-0.15, -0.1) is 0 Å². The zero-order valence-corrected chi connectivity index (χ0v) is 21.2. The van der Waals surface area contributed by atoms with Gasteiger partial charge in [0.2, 0.25) is 0 Å². The third-order valence-corrected chi connectivity index (χ3v) is 5.77. The van der Waals surface area contributed by atoms with E-state index in [0.717, 1.165) is 0 Å². The number of halogens is 2. The average molecular weight is 512 g/mol. The molecule has 37 heavy (non-hydrogen) atoms. The first kappa shape index (κ1) is 26.4. The molecule has 0 spiro atoms. The van der Waals surface area contributed by atoms with Gasteiger partial charge in [0.05, 0.1) is 24.7 Å². The third kappa shape index (κ3) is 7.19. The first-order chi connectivity index (χ1) is 17.6. The van der Waals surface area contributed by atoms with Crippen LogP contribution in [0.5, 0.6) is 0 Å². The largest absolute Gasteiger partial charge is 0.458 e. The molecular formula is C27H31F2N5O3. The van der Waals surface area contributed by atoms with Crippen molar-refractivity contribution in [1.82, 2.24) is 15.0 Å². The van der Waals surface area contributed by atoms with Crippen molar-refractivity contribution in [2.45, 2.75) is 44.9 Å². The molecule has 4 rings (SSSR count). The van der Waals surface area contributed by atoms with Crippen LogP contribution in [0.4, 0.5) is 31.9 Å². The van der Waals surface area contributed by atoms with Crippen molar-refractivity contribution >= 4 is 29.1 Å². The molecule has 0 aliphatic carbocycles. The van der Waals surface area contributed by atoms with Gasteiger partial charge in [0.15, 0.2) is 5.82 Å². The number of nitrogens with zero attached hydrogens (tertiary/aromatic N) is 5. The summed E-state index contributed by atoms with van der Waals surface area (Å²) < 4.78 is 39.9. The van der Waals surface area contributed by atoms with Crippen LogP contribution < -0.4 is 9.80 Å². The summed E-state index contributed by atoms with van der Waals surface area (Å²) in [4.78, 5) is 29.0. The SMILES string of the molecule is CC(C)(C)OC(=O)COCC1(F)CCN(c2cncc(N(c3cccc(F)c3)c3ccccn3)n2)CC1. The van der Waals surface area contributed by atoms with E-state index in [2.05, 4.69) is 9.97 Å². The Morgan fingerprint density at radius 3 is 2.57 bits per heavy atom. The topological polar surface area (TPSA) is 80.7 Å². The Labute approximate surface area is 215 Å². The van der Waals surface area contributed by atoms with Gasteiger partial charge in [-0.25, -0.2) is 23.5 Å². The number of ether oxygens (including phenoxy) is 2. The standard InChI is InChI=1S/C27H31F2N5O3/c1-26(2,3)37-25(35)18-36-19-27(29)10-13-33(14-11-27)23-16-30-17-24(32-23)34(22-9-4-5-12-31-22)21-8-6-7-20(28)15-21/h4-9,12,15-17H,10-11,13-14,18-19H2,1-3H3. The Bertz CT molecular complexity index is 1200. The van der Waals surface area contributed by atoms with Crippen molar-refractivity contribution in [3.8, 4) is 0 Å². The zero-order chi connectivity index (χ0) is 26.5. The summed E-state index contributed by atoms with van der Waals surface area (Å²) in [5, 5.41) is 0. The molecule has 1 aliphatic heterocycles. The maximum Gasteiger partial charge on any atom is 0.332 e. The van der Waals surface area contributed by atoms with Crippen LogP contribution in [0.25, 0.3) is 0 Å². The van der Waals surface area contributed by atoms with Crippen molar-refractivity contribution in [2.24, 2.45) is 0 Å². The second-order valence-corrected chi connectivity index (χ2v) is 9.96. The van der Waals surface area contributed by atoms with Crippen LogP contribution in [0.3, 0.4) is 0 Å². The predicted molar refractivity (Wildman–Crippen MR) is 136 cm³/mol. The van der Waals surface area contributed by atoms with E-state index in [9.17, 15) is 9.18 Å². The number of piperidine rings is 1. The number of esters is 1. The van der Waals surface area contributed by atoms with Gasteiger partial charge >= 0.3 is 5.97 Å². The number of aromatic nitrogens is 3. The Kier molecular flexibility index (Phi) is 7.97. The fourth-order valence-corrected chi connectivity index (χ4v) is 4.06. The van der Waals surface area contributed by atoms with E-state index in [1.807, 2.05) is 11.0 Å². The van der Waals surface area contributed by atoms with E-state index in [1.165, 1.54) is 12.1 Å². The Hall–Kier alpha value is -3.66. The van der Waals surface area contributed by atoms with Gasteiger partial charge in [0.25, 0.3) is 0 Å². The minimum atomic E-state index is -1.55. The molecular weight excluding hydrogens is 480 g/mol. The van der Waals surface area contributed by atoms with E-state index >= 15 is 4.39 Å². The molecule has 2 aromatic heterocycles. The van der Waals surface area contributed by atoms with Gasteiger partial charge in [-0.1, -0.05) is 12.1 Å². The normalized spacial score (nSPS) is 15.3. The lowest BCUT2D eigenvalue weighted by molar-refractivity contribution is -0.161. The molecule has 0 bridgehead atoms. The second-order valence-electron chi connectivity index (χ2n) is 9.96. The number of carbonyl (C=O) groups is 1. The zero-order valence-electron chi connectivity index (χ0n) is 21.2. The lowest BCUT2D eigenvalue weighted by Gasteiger charge is -2.37. The van der Waals surface area contributed by atoms with Crippen LogP contribution in [0.2, 0.25) is 0 Å². The summed E-state index contributed by atoms with van der Waals surface area (Å²) in [6.07, 6.45) is 5.27. The number of rotatable bonds is 8. The van der Waals surface area contributed by atoms with E-state index in [-0.39, 0.29) is 31.9 Å². The summed E-state index contributed by atoms with van der Waals surface area (Å²) in [6, 6.07) is 11.6. The molecule has 196 valence electrons. The van der Waals surface area contributed by atoms with Crippen LogP contribution >= 0.6 is 0 Å². The number of alkyl halides is 1. The highest BCUT2D eigenvalue weighted by Gasteiger charge is 2.36. The first-order valence-electron chi connectivity index (χ1n) is 12.1. The maximum atomic E-state index is 15.3. The van der Waals surface area contributed by atoms with Crippen molar-refractivity contribution in [2.75, 3.05) is 36.1 Å². The molecule has 1 aliphatic rings. The van der Waals surface area contributed by atoms with Gasteiger partial charge in [0.1, 0.15) is 35.3 Å². The summed E-state index contributed by atoms with van der Waals surface area (Å²) in [5.74, 6) is 0.692. The van der Waals surface area contributed by atoms with Crippen LogP contribution in [-0.2, 0) is 14.3 Å². The number of hydrogen-bond donors (Lipinski definition) is 0. The molecule has 3 aromatic rings. The smallest absolute Gasteiger partial charge is 0.332 e. The molecule has 0 atom stereocenters. The lowest BCUT2D eigenvalue weighted by Crippen LogP contribution is -2.45. The molecule has 0 unspecified atom stereocenters. The fraction of sp³-hybridized carbons (Fsp3) is 0.407. The van der Waals surface area contributed by atoms with Crippen LogP contribution in [-0.4, -0.2) is 58.5 Å². The molecule has 0 saturated carbocycles. The fourth-order valence-electron chi connectivity index (χ4n) is 4.06. The first-order valence-corrected chi connectivity index (χ1v) is 12.1. The van der Waals surface area contributed by atoms with Crippen molar-refractivity contribution in [3.63, 3.8) is 0 Å². The van der Waals surface area contributed by atoms with Gasteiger partial charge in [-0.05, 0) is 51.1 Å². The van der Waals surface area contributed by atoms with Gasteiger partial charge < -0.3 is 14.4 Å². The van der Waals surface area contributed by atoms with Crippen molar-refractivity contribution in [3.05, 3.63) is 66.9 Å². The van der Waals surface area contributed by atoms with Crippen LogP contribution in [0, 0.1) is 5.82 Å². The van der Waals surface area contributed by atoms with Crippen molar-refractivity contribution in [1.29, 1.82) is 0 Å². The average Bonchev–Trinajstić information content (AvgIpc) is 2.84. The van der Waals surface area contributed by atoms with Gasteiger partial charge in [-0.3, -0.25) is 9.88 Å². The van der Waals surface area contributed by atoms with E-state index in [0.29, 0.717) is 36.2 Å². The molecule has 1 saturated heterocycles.